The molecular formula is C17H24NO8P. The predicted octanol–water partition coefficient (Wildman–Crippen LogP) is 2.41. The number of rotatable bonds is 6. The van der Waals surface area contributed by atoms with Gasteiger partial charge in [0.1, 0.15) is 18.0 Å². The first kappa shape index (κ1) is 22.9. The highest BCUT2D eigenvalue weighted by atomic mass is 31.2. The summed E-state index contributed by atoms with van der Waals surface area (Å²) >= 11 is 0. The van der Waals surface area contributed by atoms with Crippen molar-refractivity contribution < 1.29 is 37.6 Å². The van der Waals surface area contributed by atoms with Crippen LogP contribution in [0.3, 0.4) is 0 Å². The molecule has 0 bridgehead atoms. The number of esters is 1. The van der Waals surface area contributed by atoms with E-state index in [1.165, 1.54) is 19.1 Å². The SMILES string of the molecule is CC.COP(=O)(OC)Oc1ccccc1C(=O)NC1=CC(=O)OC(C)C1O. The van der Waals surface area contributed by atoms with Gasteiger partial charge in [-0.15, -0.1) is 0 Å². The van der Waals surface area contributed by atoms with Crippen LogP contribution in [0.25, 0.3) is 0 Å². The maximum absolute atomic E-state index is 12.5. The first-order valence-electron chi connectivity index (χ1n) is 8.21. The molecule has 9 nitrogen and oxygen atoms in total. The number of phosphoric ester groups is 1. The maximum Gasteiger partial charge on any atom is 0.529 e. The van der Waals surface area contributed by atoms with Crippen LogP contribution in [0.2, 0.25) is 0 Å². The van der Waals surface area contributed by atoms with Gasteiger partial charge in [-0.25, -0.2) is 9.36 Å². The summed E-state index contributed by atoms with van der Waals surface area (Å²) < 4.78 is 31.5. The molecule has 1 aliphatic heterocycles. The average Bonchev–Trinajstić information content (AvgIpc) is 2.67. The van der Waals surface area contributed by atoms with E-state index < -0.39 is 31.9 Å². The van der Waals surface area contributed by atoms with E-state index in [-0.39, 0.29) is 17.0 Å². The van der Waals surface area contributed by atoms with E-state index in [0.717, 1.165) is 20.3 Å². The van der Waals surface area contributed by atoms with Gasteiger partial charge in [0.25, 0.3) is 5.91 Å². The second-order valence-corrected chi connectivity index (χ2v) is 6.85. The number of cyclic esters (lactones) is 1. The number of aliphatic hydroxyl groups is 1. The minimum Gasteiger partial charge on any atom is -0.456 e. The smallest absolute Gasteiger partial charge is 0.456 e. The molecule has 1 amide bonds. The van der Waals surface area contributed by atoms with Crippen molar-refractivity contribution in [3.8, 4) is 5.75 Å². The Labute approximate surface area is 157 Å². The van der Waals surface area contributed by atoms with Crippen molar-refractivity contribution in [1.82, 2.24) is 5.32 Å². The predicted molar refractivity (Wildman–Crippen MR) is 97.2 cm³/mol. The minimum absolute atomic E-state index is 0.00906. The van der Waals surface area contributed by atoms with Crippen LogP contribution in [0.4, 0.5) is 0 Å². The molecule has 0 saturated heterocycles. The number of nitrogens with one attached hydrogen (secondary N) is 1. The van der Waals surface area contributed by atoms with Gasteiger partial charge in [0.15, 0.2) is 0 Å². The molecule has 27 heavy (non-hydrogen) atoms. The lowest BCUT2D eigenvalue weighted by Crippen LogP contribution is -2.41. The van der Waals surface area contributed by atoms with Gasteiger partial charge in [0.2, 0.25) is 0 Å². The number of carbonyl (C=O) groups excluding carboxylic acids is 2. The number of hydrogen-bond acceptors (Lipinski definition) is 8. The number of hydrogen-bond donors (Lipinski definition) is 2. The molecule has 10 heteroatoms. The van der Waals surface area contributed by atoms with Gasteiger partial charge in [-0.3, -0.25) is 13.8 Å². The molecule has 1 aliphatic rings. The molecule has 0 aliphatic carbocycles. The van der Waals surface area contributed by atoms with Crippen molar-refractivity contribution in [3.05, 3.63) is 41.6 Å². The number of amides is 1. The Kier molecular flexibility index (Phi) is 8.65. The van der Waals surface area contributed by atoms with E-state index in [1.807, 2.05) is 13.8 Å². The lowest BCUT2D eigenvalue weighted by molar-refractivity contribution is -0.148. The topological polar surface area (TPSA) is 120 Å². The lowest BCUT2D eigenvalue weighted by atomic mass is 10.1. The molecule has 0 spiro atoms. The molecule has 2 atom stereocenters. The molecule has 2 N–H and O–H groups in total. The molecule has 2 unspecified atom stereocenters. The zero-order valence-electron chi connectivity index (χ0n) is 15.8. The van der Waals surface area contributed by atoms with Crippen molar-refractivity contribution in [2.75, 3.05) is 14.2 Å². The fourth-order valence-corrected chi connectivity index (χ4v) is 2.76. The van der Waals surface area contributed by atoms with E-state index >= 15 is 0 Å². The van der Waals surface area contributed by atoms with Gasteiger partial charge in [0, 0.05) is 20.3 Å². The summed E-state index contributed by atoms with van der Waals surface area (Å²) in [6, 6.07) is 5.95. The third-order valence-corrected chi connectivity index (χ3v) is 4.70. The Hall–Kier alpha value is -2.19. The van der Waals surface area contributed by atoms with Gasteiger partial charge in [-0.2, -0.15) is 0 Å². The standard InChI is InChI=1S/C15H18NO8P.C2H6/c1-9-14(18)11(8-13(17)23-9)16-15(19)10-6-4-5-7-12(10)24-25(20,21-2)22-3;1-2/h4-9,14,18H,1-3H3,(H,16,19);1-2H3. The van der Waals surface area contributed by atoms with Crippen molar-refractivity contribution >= 4 is 19.7 Å². The number of phosphoric acid groups is 1. The van der Waals surface area contributed by atoms with Crippen molar-refractivity contribution in [2.45, 2.75) is 33.0 Å². The molecule has 2 rings (SSSR count). The van der Waals surface area contributed by atoms with Gasteiger partial charge < -0.3 is 19.7 Å². The Balaban J connectivity index is 0.00000176. The number of aliphatic hydroxyl groups excluding tert-OH is 1. The van der Waals surface area contributed by atoms with Gasteiger partial charge in [-0.1, -0.05) is 26.0 Å². The van der Waals surface area contributed by atoms with Crippen LogP contribution < -0.4 is 9.84 Å². The van der Waals surface area contributed by atoms with Crippen molar-refractivity contribution in [2.24, 2.45) is 0 Å². The second-order valence-electron chi connectivity index (χ2n) is 5.04. The fourth-order valence-electron chi connectivity index (χ4n) is 2.06. The lowest BCUT2D eigenvalue weighted by Gasteiger charge is -2.26. The molecule has 1 aromatic rings. The molecule has 0 radical (unpaired) electrons. The van der Waals surface area contributed by atoms with Crippen LogP contribution in [0.1, 0.15) is 31.1 Å². The number of ether oxygens (including phenoxy) is 1. The van der Waals surface area contributed by atoms with Gasteiger partial charge in [0.05, 0.1) is 11.3 Å². The highest BCUT2D eigenvalue weighted by molar-refractivity contribution is 7.48. The Morgan fingerprint density at radius 1 is 1.22 bits per heavy atom. The summed E-state index contributed by atoms with van der Waals surface area (Å²) in [5, 5.41) is 12.4. The summed E-state index contributed by atoms with van der Waals surface area (Å²) in [5.41, 5.74) is 0.00161. The first-order valence-corrected chi connectivity index (χ1v) is 9.67. The van der Waals surface area contributed by atoms with Gasteiger partial charge in [-0.05, 0) is 19.1 Å². The molecule has 0 aromatic heterocycles. The van der Waals surface area contributed by atoms with E-state index in [0.29, 0.717) is 0 Å². The van der Waals surface area contributed by atoms with Crippen LogP contribution in [0.15, 0.2) is 36.0 Å². The second kappa shape index (κ2) is 10.2. The third kappa shape index (κ3) is 5.90. The third-order valence-electron chi connectivity index (χ3n) is 3.39. The van der Waals surface area contributed by atoms with Crippen LogP contribution in [-0.4, -0.2) is 43.4 Å². The molecule has 0 saturated carbocycles. The highest BCUT2D eigenvalue weighted by Crippen LogP contribution is 2.48. The zero-order chi connectivity index (χ0) is 20.6. The molecule has 150 valence electrons. The van der Waals surface area contributed by atoms with Crippen LogP contribution in [-0.2, 0) is 23.1 Å². The summed E-state index contributed by atoms with van der Waals surface area (Å²) in [6.07, 6.45) is -0.999. The van der Waals surface area contributed by atoms with E-state index in [1.54, 1.807) is 12.1 Å². The molecule has 1 aromatic carbocycles. The minimum atomic E-state index is -3.86. The fraction of sp³-hybridized carbons (Fsp3) is 0.412. The monoisotopic (exact) mass is 401 g/mol. The van der Waals surface area contributed by atoms with Gasteiger partial charge >= 0.3 is 13.8 Å². The summed E-state index contributed by atoms with van der Waals surface area (Å²) in [7, 11) is -1.58. The van der Waals surface area contributed by atoms with E-state index in [2.05, 4.69) is 14.4 Å². The Bertz CT molecular complexity index is 740. The Morgan fingerprint density at radius 2 is 1.81 bits per heavy atom. The largest absolute Gasteiger partial charge is 0.529 e. The Morgan fingerprint density at radius 3 is 2.41 bits per heavy atom. The maximum atomic E-state index is 12.5. The number of para-hydroxylation sites is 1. The van der Waals surface area contributed by atoms with E-state index in [4.69, 9.17) is 9.26 Å². The molecule has 1 heterocycles. The highest BCUT2D eigenvalue weighted by Gasteiger charge is 2.31. The normalized spacial score (nSPS) is 19.2. The van der Waals surface area contributed by atoms with Crippen molar-refractivity contribution in [3.63, 3.8) is 0 Å². The summed E-state index contributed by atoms with van der Waals surface area (Å²) in [4.78, 5) is 23.9. The summed E-state index contributed by atoms with van der Waals surface area (Å²) in [5.74, 6) is -1.41. The molecular weight excluding hydrogens is 377 g/mol. The van der Waals surface area contributed by atoms with Crippen LogP contribution in [0.5, 0.6) is 5.75 Å². The number of carbonyl (C=O) groups is 2. The van der Waals surface area contributed by atoms with Crippen LogP contribution in [0, 0.1) is 0 Å². The van der Waals surface area contributed by atoms with Crippen LogP contribution >= 0.6 is 7.82 Å². The zero-order valence-corrected chi connectivity index (χ0v) is 16.7. The summed E-state index contributed by atoms with van der Waals surface area (Å²) in [6.45, 7) is 5.49. The van der Waals surface area contributed by atoms with Crippen molar-refractivity contribution in [1.29, 1.82) is 0 Å². The molecule has 0 fully saturated rings. The quantitative estimate of drug-likeness (QED) is 0.551. The number of benzene rings is 1. The first-order chi connectivity index (χ1) is 12.8. The van der Waals surface area contributed by atoms with E-state index in [9.17, 15) is 19.3 Å². The average molecular weight is 401 g/mol.